The molecule has 2 fully saturated rings. The van der Waals surface area contributed by atoms with Gasteiger partial charge in [-0.05, 0) is 57.0 Å². The molecule has 1 aliphatic heterocycles. The van der Waals surface area contributed by atoms with Gasteiger partial charge in [0, 0.05) is 12.1 Å². The van der Waals surface area contributed by atoms with Gasteiger partial charge in [-0.3, -0.25) is 0 Å². The Morgan fingerprint density at radius 3 is 2.60 bits per heavy atom. The summed E-state index contributed by atoms with van der Waals surface area (Å²) in [5.74, 6) is 1.68. The molecule has 0 amide bonds. The van der Waals surface area contributed by atoms with Crippen molar-refractivity contribution in [2.24, 2.45) is 17.6 Å². The fraction of sp³-hybridized carbons (Fsp3) is 1.00. The third kappa shape index (κ3) is 2.94. The van der Waals surface area contributed by atoms with Crippen LogP contribution in [0.4, 0.5) is 0 Å². The van der Waals surface area contributed by atoms with Crippen LogP contribution in [0.25, 0.3) is 0 Å². The summed E-state index contributed by atoms with van der Waals surface area (Å²) in [6.45, 7) is 7.24. The highest BCUT2D eigenvalue weighted by Gasteiger charge is 2.31. The Bertz CT molecular complexity index is 199. The Kier molecular flexibility index (Phi) is 3.68. The quantitative estimate of drug-likeness (QED) is 0.754. The third-order valence-corrected chi connectivity index (χ3v) is 4.16. The second-order valence-electron chi connectivity index (χ2n) is 5.78. The van der Waals surface area contributed by atoms with E-state index in [9.17, 15) is 0 Å². The summed E-state index contributed by atoms with van der Waals surface area (Å²) >= 11 is 0. The van der Waals surface area contributed by atoms with Gasteiger partial charge >= 0.3 is 0 Å². The van der Waals surface area contributed by atoms with E-state index >= 15 is 0 Å². The second kappa shape index (κ2) is 4.84. The molecule has 1 saturated heterocycles. The zero-order valence-corrected chi connectivity index (χ0v) is 10.3. The molecule has 15 heavy (non-hydrogen) atoms. The molecule has 1 saturated carbocycles. The summed E-state index contributed by atoms with van der Waals surface area (Å²) in [4.78, 5) is 2.67. The highest BCUT2D eigenvalue weighted by atomic mass is 15.2. The van der Waals surface area contributed by atoms with Crippen molar-refractivity contribution in [3.63, 3.8) is 0 Å². The molecule has 0 aromatic carbocycles. The van der Waals surface area contributed by atoms with Gasteiger partial charge in [0.2, 0.25) is 0 Å². The molecule has 1 heterocycles. The van der Waals surface area contributed by atoms with Gasteiger partial charge in [0.05, 0.1) is 0 Å². The third-order valence-electron chi connectivity index (χ3n) is 4.16. The first-order valence-corrected chi connectivity index (χ1v) is 6.68. The smallest absolute Gasteiger partial charge is 0.0119 e. The van der Waals surface area contributed by atoms with Crippen molar-refractivity contribution in [1.29, 1.82) is 0 Å². The molecular weight excluding hydrogens is 184 g/mol. The van der Waals surface area contributed by atoms with Gasteiger partial charge < -0.3 is 10.6 Å². The summed E-state index contributed by atoms with van der Waals surface area (Å²) in [7, 11) is 0. The molecule has 2 N–H and O–H groups in total. The Labute approximate surface area is 94.2 Å². The first-order valence-electron chi connectivity index (χ1n) is 6.68. The van der Waals surface area contributed by atoms with E-state index in [0.29, 0.717) is 6.04 Å². The van der Waals surface area contributed by atoms with E-state index in [4.69, 9.17) is 5.73 Å². The molecule has 2 unspecified atom stereocenters. The molecule has 1 aliphatic carbocycles. The van der Waals surface area contributed by atoms with Crippen LogP contribution in [0.2, 0.25) is 0 Å². The topological polar surface area (TPSA) is 29.3 Å². The summed E-state index contributed by atoms with van der Waals surface area (Å²) in [5.41, 5.74) is 6.15. The van der Waals surface area contributed by atoms with Crippen molar-refractivity contribution >= 4 is 0 Å². The van der Waals surface area contributed by atoms with E-state index in [1.165, 1.54) is 45.2 Å². The summed E-state index contributed by atoms with van der Waals surface area (Å²) in [6, 6.07) is 1.31. The molecule has 0 radical (unpaired) electrons. The number of hydrogen-bond acceptors (Lipinski definition) is 2. The van der Waals surface area contributed by atoms with Crippen molar-refractivity contribution in [2.45, 2.75) is 58.0 Å². The molecular formula is C13H26N2. The minimum absolute atomic E-state index is 0.485. The van der Waals surface area contributed by atoms with Crippen LogP contribution in [0.5, 0.6) is 0 Å². The number of likely N-dealkylation sites (tertiary alicyclic amines) is 1. The number of nitrogens with two attached hydrogens (primary N) is 1. The lowest BCUT2D eigenvalue weighted by atomic mass is 10.0. The van der Waals surface area contributed by atoms with E-state index in [2.05, 4.69) is 18.7 Å². The maximum atomic E-state index is 6.15. The van der Waals surface area contributed by atoms with Crippen LogP contribution >= 0.6 is 0 Å². The molecule has 2 rings (SSSR count). The minimum atomic E-state index is 0.485. The maximum absolute atomic E-state index is 6.15. The van der Waals surface area contributed by atoms with Crippen molar-refractivity contribution < 1.29 is 0 Å². The van der Waals surface area contributed by atoms with Crippen LogP contribution in [0.3, 0.4) is 0 Å². The largest absolute Gasteiger partial charge is 0.327 e. The molecule has 0 bridgehead atoms. The van der Waals surface area contributed by atoms with Crippen LogP contribution < -0.4 is 5.73 Å². The summed E-state index contributed by atoms with van der Waals surface area (Å²) in [5, 5.41) is 0. The predicted molar refractivity (Wildman–Crippen MR) is 64.7 cm³/mol. The van der Waals surface area contributed by atoms with Crippen LogP contribution in [-0.4, -0.2) is 30.1 Å². The molecule has 2 atom stereocenters. The molecule has 0 aromatic rings. The van der Waals surface area contributed by atoms with Crippen molar-refractivity contribution in [2.75, 3.05) is 13.1 Å². The van der Waals surface area contributed by atoms with E-state index in [0.717, 1.165) is 17.9 Å². The molecule has 2 aliphatic rings. The van der Waals surface area contributed by atoms with Crippen molar-refractivity contribution in [1.82, 2.24) is 4.90 Å². The van der Waals surface area contributed by atoms with E-state index in [1.807, 2.05) is 0 Å². The zero-order valence-electron chi connectivity index (χ0n) is 10.3. The van der Waals surface area contributed by atoms with Crippen LogP contribution in [0.15, 0.2) is 0 Å². The Morgan fingerprint density at radius 2 is 2.00 bits per heavy atom. The normalized spacial score (nSPS) is 30.0. The maximum Gasteiger partial charge on any atom is 0.0119 e. The SMILES string of the molecule is CC(C)C1CCCN1CCC(N)C1CC1. The lowest BCUT2D eigenvalue weighted by molar-refractivity contribution is 0.198. The first kappa shape index (κ1) is 11.4. The Balaban J connectivity index is 1.72. The molecule has 2 nitrogen and oxygen atoms in total. The fourth-order valence-electron chi connectivity index (χ4n) is 2.96. The van der Waals surface area contributed by atoms with Gasteiger partial charge in [-0.2, -0.15) is 0 Å². The highest BCUT2D eigenvalue weighted by Crippen LogP contribution is 2.33. The summed E-state index contributed by atoms with van der Waals surface area (Å²) < 4.78 is 0. The fourth-order valence-corrected chi connectivity index (χ4v) is 2.96. The van der Waals surface area contributed by atoms with Crippen molar-refractivity contribution in [3.8, 4) is 0 Å². The second-order valence-corrected chi connectivity index (χ2v) is 5.78. The minimum Gasteiger partial charge on any atom is -0.327 e. The van der Waals surface area contributed by atoms with Gasteiger partial charge in [0.1, 0.15) is 0 Å². The van der Waals surface area contributed by atoms with Gasteiger partial charge in [-0.25, -0.2) is 0 Å². The van der Waals surface area contributed by atoms with Gasteiger partial charge in [-0.15, -0.1) is 0 Å². The predicted octanol–water partition coefficient (Wildman–Crippen LogP) is 2.23. The van der Waals surface area contributed by atoms with Crippen LogP contribution in [0.1, 0.15) is 46.0 Å². The lowest BCUT2D eigenvalue weighted by Crippen LogP contribution is -2.37. The number of nitrogens with zero attached hydrogens (tertiary/aromatic N) is 1. The van der Waals surface area contributed by atoms with E-state index < -0.39 is 0 Å². The van der Waals surface area contributed by atoms with Crippen LogP contribution in [-0.2, 0) is 0 Å². The monoisotopic (exact) mass is 210 g/mol. The Hall–Kier alpha value is -0.0800. The van der Waals surface area contributed by atoms with Gasteiger partial charge in [-0.1, -0.05) is 13.8 Å². The van der Waals surface area contributed by atoms with Gasteiger partial charge in [0.15, 0.2) is 0 Å². The lowest BCUT2D eigenvalue weighted by Gasteiger charge is -2.28. The van der Waals surface area contributed by atoms with Crippen molar-refractivity contribution in [3.05, 3.63) is 0 Å². The summed E-state index contributed by atoms with van der Waals surface area (Å²) in [6.07, 6.45) is 6.77. The van der Waals surface area contributed by atoms with Crippen LogP contribution in [0, 0.1) is 11.8 Å². The number of rotatable bonds is 5. The molecule has 0 spiro atoms. The molecule has 0 aromatic heterocycles. The average molecular weight is 210 g/mol. The number of hydrogen-bond donors (Lipinski definition) is 1. The first-order chi connectivity index (χ1) is 7.18. The van der Waals surface area contributed by atoms with Gasteiger partial charge in [0.25, 0.3) is 0 Å². The molecule has 88 valence electrons. The van der Waals surface area contributed by atoms with E-state index in [1.54, 1.807) is 0 Å². The zero-order chi connectivity index (χ0) is 10.8. The Morgan fingerprint density at radius 1 is 1.27 bits per heavy atom. The van der Waals surface area contributed by atoms with E-state index in [-0.39, 0.29) is 0 Å². The highest BCUT2D eigenvalue weighted by molar-refractivity contribution is 4.87. The molecule has 2 heteroatoms. The standard InChI is InChI=1S/C13H26N2/c1-10(2)13-4-3-8-15(13)9-7-12(14)11-5-6-11/h10-13H,3-9,14H2,1-2H3. The average Bonchev–Trinajstić information content (AvgIpc) is 2.93.